The zero-order valence-corrected chi connectivity index (χ0v) is 16.1. The molecule has 2 rings (SSSR count). The molecule has 0 saturated heterocycles. The molecule has 0 aromatic heterocycles. The third-order valence-electron chi connectivity index (χ3n) is 4.18. The van der Waals surface area contributed by atoms with Gasteiger partial charge >= 0.3 is 0 Å². The van der Waals surface area contributed by atoms with Crippen molar-refractivity contribution in [3.8, 4) is 5.75 Å². The van der Waals surface area contributed by atoms with Crippen molar-refractivity contribution in [1.29, 1.82) is 0 Å². The largest absolute Gasteiger partial charge is 0.483 e. The Labute approximate surface area is 160 Å². The molecule has 0 aliphatic carbocycles. The summed E-state index contributed by atoms with van der Waals surface area (Å²) in [6, 6.07) is 17.9. The molecule has 0 atom stereocenters. The van der Waals surface area contributed by atoms with E-state index in [9.17, 15) is 9.59 Å². The monoisotopic (exact) mass is 369 g/mol. The van der Waals surface area contributed by atoms with Gasteiger partial charge in [0.15, 0.2) is 6.61 Å². The van der Waals surface area contributed by atoms with Gasteiger partial charge in [0.1, 0.15) is 5.75 Å². The zero-order chi connectivity index (χ0) is 19.6. The van der Waals surface area contributed by atoms with Crippen molar-refractivity contribution in [3.63, 3.8) is 0 Å². The predicted octanol–water partition coefficient (Wildman–Crippen LogP) is 2.14. The van der Waals surface area contributed by atoms with Gasteiger partial charge in [0.25, 0.3) is 11.8 Å². The Hall–Kier alpha value is -2.86. The Kier molecular flexibility index (Phi) is 7.82. The number of likely N-dealkylation sites (N-methyl/N-ethyl adjacent to an activating group) is 1. The number of benzene rings is 2. The van der Waals surface area contributed by atoms with Crippen LogP contribution in [0.25, 0.3) is 0 Å². The van der Waals surface area contributed by atoms with Crippen molar-refractivity contribution in [2.45, 2.75) is 26.3 Å². The quantitative estimate of drug-likeness (QED) is 0.700. The van der Waals surface area contributed by atoms with Crippen LogP contribution in [0.1, 0.15) is 25.0 Å². The molecule has 0 heterocycles. The molecule has 144 valence electrons. The van der Waals surface area contributed by atoms with E-state index in [1.54, 1.807) is 0 Å². The van der Waals surface area contributed by atoms with Gasteiger partial charge in [-0.05, 0) is 38.1 Å². The van der Waals surface area contributed by atoms with Gasteiger partial charge in [-0.25, -0.2) is 0 Å². The molecule has 0 aliphatic heterocycles. The van der Waals surface area contributed by atoms with Crippen LogP contribution in [0.3, 0.4) is 0 Å². The number of carbonyl (C=O) groups excluding carboxylic acids is 2. The van der Waals surface area contributed by atoms with E-state index in [1.807, 2.05) is 80.4 Å². The molecule has 2 aromatic rings. The third kappa shape index (κ3) is 7.11. The Bertz CT molecular complexity index is 747. The van der Waals surface area contributed by atoms with Crippen molar-refractivity contribution in [3.05, 3.63) is 65.7 Å². The van der Waals surface area contributed by atoms with Gasteiger partial charge in [-0.3, -0.25) is 25.3 Å². The van der Waals surface area contributed by atoms with Gasteiger partial charge in [-0.1, -0.05) is 48.5 Å². The number of nitrogens with zero attached hydrogens (tertiary/aromatic N) is 1. The molecule has 0 bridgehead atoms. The van der Waals surface area contributed by atoms with E-state index >= 15 is 0 Å². The first-order valence-corrected chi connectivity index (χ1v) is 8.98. The van der Waals surface area contributed by atoms with E-state index in [0.717, 1.165) is 12.0 Å². The molecular weight excluding hydrogens is 342 g/mol. The number of ether oxygens (including phenoxy) is 1. The number of carbonyl (C=O) groups is 2. The first-order valence-electron chi connectivity index (χ1n) is 8.98. The molecule has 2 amide bonds. The van der Waals surface area contributed by atoms with Crippen LogP contribution in [0.15, 0.2) is 54.6 Å². The topological polar surface area (TPSA) is 70.7 Å². The molecule has 27 heavy (non-hydrogen) atoms. The average Bonchev–Trinajstić information content (AvgIpc) is 2.66. The van der Waals surface area contributed by atoms with E-state index in [0.29, 0.717) is 5.75 Å². The number of hydrazine groups is 1. The summed E-state index contributed by atoms with van der Waals surface area (Å²) in [5, 5.41) is 0. The van der Waals surface area contributed by atoms with Crippen LogP contribution in [-0.2, 0) is 16.0 Å². The summed E-state index contributed by atoms with van der Waals surface area (Å²) in [5.41, 5.74) is 6.94. The molecular formula is C21H27N3O3. The molecule has 0 fully saturated rings. The molecule has 0 unspecified atom stereocenters. The van der Waals surface area contributed by atoms with Crippen LogP contribution < -0.4 is 15.6 Å². The van der Waals surface area contributed by atoms with Gasteiger partial charge < -0.3 is 4.74 Å². The van der Waals surface area contributed by atoms with E-state index in [4.69, 9.17) is 4.74 Å². The zero-order valence-electron chi connectivity index (χ0n) is 16.1. The minimum absolute atomic E-state index is 0.175. The normalized spacial score (nSPS) is 10.7. The Morgan fingerprint density at radius 1 is 0.963 bits per heavy atom. The maximum atomic E-state index is 11.9. The number of hydrogen-bond acceptors (Lipinski definition) is 4. The summed E-state index contributed by atoms with van der Waals surface area (Å²) in [7, 11) is 1.85. The maximum absolute atomic E-state index is 11.9. The smallest absolute Gasteiger partial charge is 0.276 e. The lowest BCUT2D eigenvalue weighted by molar-refractivity contribution is -0.130. The van der Waals surface area contributed by atoms with Gasteiger partial charge in [0.05, 0.1) is 6.54 Å². The Morgan fingerprint density at radius 2 is 1.59 bits per heavy atom. The summed E-state index contributed by atoms with van der Waals surface area (Å²) < 4.78 is 5.65. The standard InChI is InChI=1S/C21H27N3O3/c1-16(2)24(3)14-20(25)22-23-21(26)15-27-19-12-8-7-11-18(19)13-17-9-5-4-6-10-17/h4-12,16H,13-15H2,1-3H3,(H,22,25)(H,23,26). The lowest BCUT2D eigenvalue weighted by Gasteiger charge is -2.20. The number of hydrogen-bond donors (Lipinski definition) is 2. The van der Waals surface area contributed by atoms with Crippen LogP contribution in [0.4, 0.5) is 0 Å². The number of para-hydroxylation sites is 1. The molecule has 0 saturated carbocycles. The SMILES string of the molecule is CC(C)N(C)CC(=O)NNC(=O)COc1ccccc1Cc1ccccc1. The second kappa shape index (κ2) is 10.3. The lowest BCUT2D eigenvalue weighted by atomic mass is 10.0. The highest BCUT2D eigenvalue weighted by Gasteiger charge is 2.11. The highest BCUT2D eigenvalue weighted by atomic mass is 16.5. The van der Waals surface area contributed by atoms with Gasteiger partial charge in [-0.15, -0.1) is 0 Å². The summed E-state index contributed by atoms with van der Waals surface area (Å²) in [6.07, 6.45) is 0.719. The fourth-order valence-electron chi connectivity index (χ4n) is 2.37. The molecule has 6 heteroatoms. The van der Waals surface area contributed by atoms with Crippen molar-refractivity contribution in [2.75, 3.05) is 20.2 Å². The van der Waals surface area contributed by atoms with E-state index in [-0.39, 0.29) is 25.1 Å². The van der Waals surface area contributed by atoms with Crippen molar-refractivity contribution < 1.29 is 14.3 Å². The van der Waals surface area contributed by atoms with Crippen molar-refractivity contribution >= 4 is 11.8 Å². The van der Waals surface area contributed by atoms with Crippen LogP contribution in [-0.4, -0.2) is 43.0 Å². The van der Waals surface area contributed by atoms with Gasteiger partial charge in [0.2, 0.25) is 0 Å². The second-order valence-corrected chi connectivity index (χ2v) is 6.66. The van der Waals surface area contributed by atoms with Gasteiger partial charge in [-0.2, -0.15) is 0 Å². The number of amides is 2. The fraction of sp³-hybridized carbons (Fsp3) is 0.333. The number of nitrogens with one attached hydrogen (secondary N) is 2. The molecule has 0 aliphatic rings. The van der Waals surface area contributed by atoms with Crippen LogP contribution in [0, 0.1) is 0 Å². The minimum atomic E-state index is -0.412. The molecule has 6 nitrogen and oxygen atoms in total. The molecule has 0 radical (unpaired) electrons. The molecule has 0 spiro atoms. The van der Waals surface area contributed by atoms with Crippen LogP contribution in [0.2, 0.25) is 0 Å². The Balaban J connectivity index is 1.82. The minimum Gasteiger partial charge on any atom is -0.483 e. The van der Waals surface area contributed by atoms with Gasteiger partial charge in [0, 0.05) is 12.5 Å². The predicted molar refractivity (Wildman–Crippen MR) is 105 cm³/mol. The van der Waals surface area contributed by atoms with Crippen LogP contribution >= 0.6 is 0 Å². The van der Waals surface area contributed by atoms with Crippen molar-refractivity contribution in [2.24, 2.45) is 0 Å². The van der Waals surface area contributed by atoms with E-state index in [2.05, 4.69) is 10.9 Å². The highest BCUT2D eigenvalue weighted by Crippen LogP contribution is 2.21. The summed E-state index contributed by atoms with van der Waals surface area (Å²) in [6.45, 7) is 4.02. The van der Waals surface area contributed by atoms with Crippen molar-refractivity contribution in [1.82, 2.24) is 15.8 Å². The summed E-state index contributed by atoms with van der Waals surface area (Å²) in [5.74, 6) is -0.0311. The third-order valence-corrected chi connectivity index (χ3v) is 4.18. The first-order chi connectivity index (χ1) is 13.0. The lowest BCUT2D eigenvalue weighted by Crippen LogP contribution is -2.48. The van der Waals surface area contributed by atoms with Crippen LogP contribution in [0.5, 0.6) is 5.75 Å². The van der Waals surface area contributed by atoms with E-state index in [1.165, 1.54) is 5.56 Å². The number of rotatable bonds is 8. The maximum Gasteiger partial charge on any atom is 0.276 e. The summed E-state index contributed by atoms with van der Waals surface area (Å²) >= 11 is 0. The second-order valence-electron chi connectivity index (χ2n) is 6.66. The fourth-order valence-corrected chi connectivity index (χ4v) is 2.37. The molecule has 2 N–H and O–H groups in total. The average molecular weight is 369 g/mol. The van der Waals surface area contributed by atoms with E-state index < -0.39 is 5.91 Å². The highest BCUT2D eigenvalue weighted by molar-refractivity contribution is 5.83. The Morgan fingerprint density at radius 3 is 2.30 bits per heavy atom. The first kappa shape index (κ1) is 20.5. The summed E-state index contributed by atoms with van der Waals surface area (Å²) in [4.78, 5) is 25.6. The molecule has 2 aromatic carbocycles.